The Morgan fingerprint density at radius 1 is 1.28 bits per heavy atom. The molecule has 7 heteroatoms. The molecular weight excluding hydrogens is 334 g/mol. The number of hydrogen-bond donors (Lipinski definition) is 1. The van der Waals surface area contributed by atoms with Crippen molar-refractivity contribution in [2.24, 2.45) is 5.92 Å². The minimum atomic E-state index is 0.0541. The van der Waals surface area contributed by atoms with E-state index >= 15 is 0 Å². The molecule has 1 aromatic heterocycles. The number of aromatic nitrogens is 4. The second-order valence-electron chi connectivity index (χ2n) is 6.87. The van der Waals surface area contributed by atoms with E-state index < -0.39 is 0 Å². The van der Waals surface area contributed by atoms with Crippen molar-refractivity contribution in [2.75, 3.05) is 5.75 Å². The van der Waals surface area contributed by atoms with Crippen molar-refractivity contribution in [2.45, 2.75) is 57.7 Å². The molecule has 0 radical (unpaired) electrons. The number of carbonyl (C=O) groups is 1. The molecule has 1 aliphatic rings. The minimum Gasteiger partial charge on any atom is -0.352 e. The van der Waals surface area contributed by atoms with Crippen molar-refractivity contribution < 1.29 is 4.79 Å². The first-order chi connectivity index (χ1) is 12.0. The molecule has 1 saturated carbocycles. The van der Waals surface area contributed by atoms with Crippen molar-refractivity contribution in [1.29, 1.82) is 0 Å². The van der Waals surface area contributed by atoms with Gasteiger partial charge < -0.3 is 5.32 Å². The average Bonchev–Trinajstić information content (AvgIpc) is 3.06. The van der Waals surface area contributed by atoms with Crippen LogP contribution in [0.2, 0.25) is 0 Å². The van der Waals surface area contributed by atoms with Crippen LogP contribution in [-0.4, -0.2) is 37.9 Å². The Hall–Kier alpha value is -1.89. The van der Waals surface area contributed by atoms with Gasteiger partial charge in [0.05, 0.1) is 11.4 Å². The summed E-state index contributed by atoms with van der Waals surface area (Å²) in [6.07, 6.45) is 4.75. The number of hydrogen-bond acceptors (Lipinski definition) is 5. The van der Waals surface area contributed by atoms with E-state index in [2.05, 4.69) is 53.7 Å². The summed E-state index contributed by atoms with van der Waals surface area (Å²) in [4.78, 5) is 12.3. The van der Waals surface area contributed by atoms with Gasteiger partial charge in [0.1, 0.15) is 0 Å². The van der Waals surface area contributed by atoms with E-state index in [0.717, 1.165) is 12.1 Å². The first-order valence-electron chi connectivity index (χ1n) is 8.83. The zero-order chi connectivity index (χ0) is 17.8. The van der Waals surface area contributed by atoms with Gasteiger partial charge in [0.15, 0.2) is 0 Å². The number of nitrogens with one attached hydrogen (secondary N) is 1. The van der Waals surface area contributed by atoms with Crippen molar-refractivity contribution >= 4 is 17.7 Å². The van der Waals surface area contributed by atoms with E-state index in [1.165, 1.54) is 42.2 Å². The number of rotatable bonds is 5. The van der Waals surface area contributed by atoms with Crippen molar-refractivity contribution in [3.05, 3.63) is 29.3 Å². The molecule has 6 nitrogen and oxygen atoms in total. The van der Waals surface area contributed by atoms with Crippen LogP contribution in [0, 0.1) is 19.8 Å². The standard InChI is InChI=1S/C18H25N5OS/c1-12-8-9-15(10-14(12)3)23-18(20-21-22-23)25-11-17(24)19-16-7-5-4-6-13(16)2/h8-10,13,16H,4-7,11H2,1-3H3,(H,19,24)/t13-,16-/m0/s1. The summed E-state index contributed by atoms with van der Waals surface area (Å²) >= 11 is 1.37. The van der Waals surface area contributed by atoms with Crippen LogP contribution in [0.1, 0.15) is 43.7 Å². The van der Waals surface area contributed by atoms with Gasteiger partial charge in [-0.25, -0.2) is 0 Å². The number of nitrogens with zero attached hydrogens (tertiary/aromatic N) is 4. The average molecular weight is 359 g/mol. The quantitative estimate of drug-likeness (QED) is 0.831. The Morgan fingerprint density at radius 2 is 2.08 bits per heavy atom. The molecule has 134 valence electrons. The Morgan fingerprint density at radius 3 is 2.84 bits per heavy atom. The van der Waals surface area contributed by atoms with Crippen LogP contribution in [0.15, 0.2) is 23.4 Å². The summed E-state index contributed by atoms with van der Waals surface area (Å²) in [6.45, 7) is 6.36. The van der Waals surface area contributed by atoms with Crippen LogP contribution in [0.4, 0.5) is 0 Å². The maximum absolute atomic E-state index is 12.3. The monoisotopic (exact) mass is 359 g/mol. The lowest BCUT2D eigenvalue weighted by Crippen LogP contribution is -2.41. The fourth-order valence-corrected chi connectivity index (χ4v) is 3.90. The summed E-state index contributed by atoms with van der Waals surface area (Å²) in [5, 5.41) is 15.7. The molecule has 0 saturated heterocycles. The first-order valence-corrected chi connectivity index (χ1v) is 9.81. The van der Waals surface area contributed by atoms with E-state index in [1.807, 2.05) is 6.07 Å². The molecular formula is C18H25N5OS. The summed E-state index contributed by atoms with van der Waals surface area (Å²) < 4.78 is 1.69. The highest BCUT2D eigenvalue weighted by atomic mass is 32.2. The molecule has 0 spiro atoms. The number of amides is 1. The number of benzene rings is 1. The topological polar surface area (TPSA) is 72.7 Å². The molecule has 3 rings (SSSR count). The van der Waals surface area contributed by atoms with Gasteiger partial charge in [-0.15, -0.1) is 5.10 Å². The van der Waals surface area contributed by atoms with Gasteiger partial charge in [0.2, 0.25) is 11.1 Å². The highest BCUT2D eigenvalue weighted by Crippen LogP contribution is 2.24. The van der Waals surface area contributed by atoms with Crippen LogP contribution in [0.25, 0.3) is 5.69 Å². The van der Waals surface area contributed by atoms with Crippen molar-refractivity contribution in [3.8, 4) is 5.69 Å². The normalized spacial score (nSPS) is 20.4. The lowest BCUT2D eigenvalue weighted by Gasteiger charge is -2.29. The van der Waals surface area contributed by atoms with Gasteiger partial charge in [-0.05, 0) is 66.3 Å². The van der Waals surface area contributed by atoms with Gasteiger partial charge in [-0.3, -0.25) is 4.79 Å². The number of carbonyl (C=O) groups excluding carboxylic acids is 1. The fourth-order valence-electron chi connectivity index (χ4n) is 3.20. The highest BCUT2D eigenvalue weighted by Gasteiger charge is 2.23. The Bertz CT molecular complexity index is 745. The molecule has 1 amide bonds. The zero-order valence-electron chi connectivity index (χ0n) is 15.0. The summed E-state index contributed by atoms with van der Waals surface area (Å²) in [5.41, 5.74) is 3.33. The van der Waals surface area contributed by atoms with E-state index in [9.17, 15) is 4.79 Å². The van der Waals surface area contributed by atoms with Gasteiger partial charge in [0, 0.05) is 6.04 Å². The number of tetrazole rings is 1. The van der Waals surface area contributed by atoms with Crippen LogP contribution < -0.4 is 5.32 Å². The fraction of sp³-hybridized carbons (Fsp3) is 0.556. The Kier molecular flexibility index (Phi) is 5.73. The molecule has 1 aliphatic carbocycles. The SMILES string of the molecule is Cc1ccc(-n2nnnc2SCC(=O)N[C@H]2CCCC[C@@H]2C)cc1C. The van der Waals surface area contributed by atoms with Crippen LogP contribution in [0.5, 0.6) is 0 Å². The maximum atomic E-state index is 12.3. The summed E-state index contributed by atoms with van der Waals surface area (Å²) in [6, 6.07) is 6.40. The molecule has 2 aromatic rings. The van der Waals surface area contributed by atoms with Crippen molar-refractivity contribution in [1.82, 2.24) is 25.5 Å². The second kappa shape index (κ2) is 7.99. The van der Waals surface area contributed by atoms with E-state index in [1.54, 1.807) is 4.68 Å². The minimum absolute atomic E-state index is 0.0541. The zero-order valence-corrected chi connectivity index (χ0v) is 15.8. The second-order valence-corrected chi connectivity index (χ2v) is 7.81. The molecule has 1 heterocycles. The predicted molar refractivity (Wildman–Crippen MR) is 98.9 cm³/mol. The third kappa shape index (κ3) is 4.39. The third-order valence-corrected chi connectivity index (χ3v) is 5.89. The van der Waals surface area contributed by atoms with Crippen LogP contribution >= 0.6 is 11.8 Å². The van der Waals surface area contributed by atoms with Gasteiger partial charge in [0.25, 0.3) is 0 Å². The molecule has 0 bridgehead atoms. The molecule has 0 unspecified atom stereocenters. The predicted octanol–water partition coefficient (Wildman–Crippen LogP) is 3.07. The Balaban J connectivity index is 1.61. The van der Waals surface area contributed by atoms with E-state index in [-0.39, 0.29) is 5.91 Å². The van der Waals surface area contributed by atoms with Gasteiger partial charge in [-0.2, -0.15) is 4.68 Å². The lowest BCUT2D eigenvalue weighted by atomic mass is 9.86. The van der Waals surface area contributed by atoms with Crippen molar-refractivity contribution in [3.63, 3.8) is 0 Å². The first kappa shape index (κ1) is 17.9. The maximum Gasteiger partial charge on any atom is 0.230 e. The molecule has 1 aromatic carbocycles. The third-order valence-electron chi connectivity index (χ3n) is 4.97. The van der Waals surface area contributed by atoms with E-state index in [0.29, 0.717) is 22.9 Å². The lowest BCUT2D eigenvalue weighted by molar-refractivity contribution is -0.119. The Labute approximate surface area is 152 Å². The molecule has 1 fully saturated rings. The highest BCUT2D eigenvalue weighted by molar-refractivity contribution is 7.99. The molecule has 2 atom stereocenters. The molecule has 1 N–H and O–H groups in total. The summed E-state index contributed by atoms with van der Waals surface area (Å²) in [5.74, 6) is 0.941. The van der Waals surface area contributed by atoms with E-state index in [4.69, 9.17) is 0 Å². The van der Waals surface area contributed by atoms with Crippen LogP contribution in [0.3, 0.4) is 0 Å². The molecule has 25 heavy (non-hydrogen) atoms. The summed E-state index contributed by atoms with van der Waals surface area (Å²) in [7, 11) is 0. The number of aryl methyl sites for hydroxylation is 2. The smallest absolute Gasteiger partial charge is 0.230 e. The van der Waals surface area contributed by atoms with Crippen LogP contribution in [-0.2, 0) is 4.79 Å². The largest absolute Gasteiger partial charge is 0.352 e. The van der Waals surface area contributed by atoms with Gasteiger partial charge in [-0.1, -0.05) is 37.6 Å². The van der Waals surface area contributed by atoms with Gasteiger partial charge >= 0.3 is 0 Å². The molecule has 0 aliphatic heterocycles. The number of thioether (sulfide) groups is 1.